The summed E-state index contributed by atoms with van der Waals surface area (Å²) >= 11 is 0. The van der Waals surface area contributed by atoms with Crippen LogP contribution in [0.5, 0.6) is 0 Å². The van der Waals surface area contributed by atoms with Crippen LogP contribution in [0.3, 0.4) is 0 Å². The summed E-state index contributed by atoms with van der Waals surface area (Å²) in [5.41, 5.74) is -0.623. The Balaban J connectivity index is 1.54. The van der Waals surface area contributed by atoms with Crippen LogP contribution in [0.2, 0.25) is 0 Å². The number of piperidine rings is 1. The van der Waals surface area contributed by atoms with Gasteiger partial charge in [-0.3, -0.25) is 0 Å². The molecule has 4 unspecified atom stereocenters. The van der Waals surface area contributed by atoms with Gasteiger partial charge in [0.15, 0.2) is 0 Å². The van der Waals surface area contributed by atoms with Gasteiger partial charge in [0.2, 0.25) is 0 Å². The zero-order valence-corrected chi connectivity index (χ0v) is 12.6. The van der Waals surface area contributed by atoms with Crippen LogP contribution in [0.15, 0.2) is 0 Å². The fraction of sp³-hybridized carbons (Fsp3) is 1.00. The van der Waals surface area contributed by atoms with Gasteiger partial charge >= 0.3 is 0 Å². The van der Waals surface area contributed by atoms with Gasteiger partial charge in [-0.25, -0.2) is 0 Å². The van der Waals surface area contributed by atoms with Crippen molar-refractivity contribution >= 4 is 0 Å². The van der Waals surface area contributed by atoms with E-state index in [0.29, 0.717) is 31.8 Å². The molecule has 1 aliphatic carbocycles. The van der Waals surface area contributed by atoms with E-state index in [-0.39, 0.29) is 0 Å². The van der Waals surface area contributed by atoms with E-state index >= 15 is 0 Å². The van der Waals surface area contributed by atoms with Crippen LogP contribution in [0.4, 0.5) is 0 Å². The monoisotopic (exact) mass is 282 g/mol. The van der Waals surface area contributed by atoms with E-state index in [1.54, 1.807) is 0 Å². The number of nitrogens with one attached hydrogen (secondary N) is 2. The Morgan fingerprint density at radius 2 is 2.00 bits per heavy atom. The number of aliphatic hydroxyl groups is 1. The molecule has 20 heavy (non-hydrogen) atoms. The van der Waals surface area contributed by atoms with Crippen molar-refractivity contribution in [2.24, 2.45) is 5.92 Å². The Bertz CT molecular complexity index is 299. The van der Waals surface area contributed by atoms with Crippen LogP contribution in [0.25, 0.3) is 0 Å². The minimum absolute atomic E-state index is 0.499. The molecule has 3 aliphatic rings. The molecule has 0 spiro atoms. The van der Waals surface area contributed by atoms with Crippen molar-refractivity contribution in [2.45, 2.75) is 69.1 Å². The molecule has 4 nitrogen and oxygen atoms in total. The fourth-order valence-corrected chi connectivity index (χ4v) is 4.20. The molecule has 3 N–H and O–H groups in total. The summed E-state index contributed by atoms with van der Waals surface area (Å²) < 4.78 is 5.34. The van der Waals surface area contributed by atoms with E-state index in [1.807, 2.05) is 0 Å². The first-order valence-corrected chi connectivity index (χ1v) is 8.54. The first-order chi connectivity index (χ1) is 9.77. The maximum absolute atomic E-state index is 10.4. The molecule has 116 valence electrons. The first-order valence-electron chi connectivity index (χ1n) is 8.54. The minimum atomic E-state index is -0.623. The third kappa shape index (κ3) is 3.53. The topological polar surface area (TPSA) is 53.5 Å². The Labute approximate surface area is 122 Å². The lowest BCUT2D eigenvalue weighted by atomic mass is 9.77. The number of ether oxygens (including phenoxy) is 1. The number of hydrogen-bond acceptors (Lipinski definition) is 4. The fourth-order valence-electron chi connectivity index (χ4n) is 4.20. The molecule has 0 aromatic heterocycles. The Morgan fingerprint density at radius 1 is 1.15 bits per heavy atom. The molecule has 4 atom stereocenters. The molecule has 1 saturated carbocycles. The molecule has 4 heteroatoms. The predicted molar refractivity (Wildman–Crippen MR) is 79.8 cm³/mol. The van der Waals surface area contributed by atoms with Gasteiger partial charge in [0.05, 0.1) is 6.61 Å². The van der Waals surface area contributed by atoms with E-state index in [1.165, 1.54) is 51.5 Å². The Kier molecular flexibility index (Phi) is 4.97. The van der Waals surface area contributed by atoms with Crippen LogP contribution >= 0.6 is 0 Å². The van der Waals surface area contributed by atoms with Gasteiger partial charge in [-0.1, -0.05) is 19.3 Å². The summed E-state index contributed by atoms with van der Waals surface area (Å²) in [7, 11) is 0. The molecule has 0 radical (unpaired) electrons. The maximum atomic E-state index is 10.4. The van der Waals surface area contributed by atoms with E-state index in [2.05, 4.69) is 10.6 Å². The lowest BCUT2D eigenvalue weighted by Crippen LogP contribution is -2.53. The summed E-state index contributed by atoms with van der Waals surface area (Å²) in [6.07, 6.45) is 10.1. The highest BCUT2D eigenvalue weighted by Crippen LogP contribution is 2.31. The largest absolute Gasteiger partial charge is 0.386 e. The highest BCUT2D eigenvalue weighted by molar-refractivity contribution is 4.93. The van der Waals surface area contributed by atoms with Gasteiger partial charge in [0.1, 0.15) is 5.60 Å². The molecule has 3 fully saturated rings. The second-order valence-corrected chi connectivity index (χ2v) is 7.02. The van der Waals surface area contributed by atoms with Crippen molar-refractivity contribution in [3.63, 3.8) is 0 Å². The molecule has 2 heterocycles. The summed E-state index contributed by atoms with van der Waals surface area (Å²) in [5, 5.41) is 17.8. The number of rotatable bonds is 4. The third-order valence-corrected chi connectivity index (χ3v) is 5.46. The number of hydrogen-bond donors (Lipinski definition) is 3. The van der Waals surface area contributed by atoms with Crippen molar-refractivity contribution in [1.29, 1.82) is 0 Å². The minimum Gasteiger partial charge on any atom is -0.386 e. The smallest absolute Gasteiger partial charge is 0.102 e. The van der Waals surface area contributed by atoms with Crippen LogP contribution in [0.1, 0.15) is 51.4 Å². The van der Waals surface area contributed by atoms with Crippen LogP contribution in [-0.2, 0) is 4.74 Å². The van der Waals surface area contributed by atoms with Crippen LogP contribution in [-0.4, -0.2) is 49.1 Å². The van der Waals surface area contributed by atoms with Gasteiger partial charge < -0.3 is 20.5 Å². The highest BCUT2D eigenvalue weighted by atomic mass is 16.5. The van der Waals surface area contributed by atoms with Crippen molar-refractivity contribution in [1.82, 2.24) is 10.6 Å². The maximum Gasteiger partial charge on any atom is 0.102 e. The average Bonchev–Trinajstić information content (AvgIpc) is 2.94. The Hall–Kier alpha value is -0.160. The third-order valence-electron chi connectivity index (χ3n) is 5.46. The highest BCUT2D eigenvalue weighted by Gasteiger charge is 2.36. The first kappa shape index (κ1) is 14.8. The van der Waals surface area contributed by atoms with Gasteiger partial charge in [0, 0.05) is 31.7 Å². The van der Waals surface area contributed by atoms with Gasteiger partial charge in [-0.15, -0.1) is 0 Å². The van der Waals surface area contributed by atoms with Gasteiger partial charge in [-0.05, 0) is 38.1 Å². The summed E-state index contributed by atoms with van der Waals surface area (Å²) in [6, 6.07) is 1.26. The molecule has 0 bridgehead atoms. The summed E-state index contributed by atoms with van der Waals surface area (Å²) in [6.45, 7) is 3.09. The van der Waals surface area contributed by atoms with E-state index in [4.69, 9.17) is 4.74 Å². The van der Waals surface area contributed by atoms with Crippen molar-refractivity contribution in [2.75, 3.05) is 26.3 Å². The molecule has 2 aliphatic heterocycles. The van der Waals surface area contributed by atoms with Crippen LogP contribution < -0.4 is 10.6 Å². The predicted octanol–water partition coefficient (Wildman–Crippen LogP) is 1.43. The van der Waals surface area contributed by atoms with Crippen LogP contribution in [0, 0.1) is 5.92 Å². The molecule has 0 aromatic rings. The summed E-state index contributed by atoms with van der Waals surface area (Å²) in [4.78, 5) is 0. The van der Waals surface area contributed by atoms with E-state index in [9.17, 15) is 5.11 Å². The zero-order chi connectivity index (χ0) is 13.8. The van der Waals surface area contributed by atoms with E-state index in [0.717, 1.165) is 12.3 Å². The van der Waals surface area contributed by atoms with Crippen molar-refractivity contribution < 1.29 is 9.84 Å². The van der Waals surface area contributed by atoms with Gasteiger partial charge in [0.25, 0.3) is 0 Å². The normalized spacial score (nSPS) is 42.8. The lowest BCUT2D eigenvalue weighted by Gasteiger charge is -2.41. The molecule has 0 aromatic carbocycles. The van der Waals surface area contributed by atoms with Crippen molar-refractivity contribution in [3.8, 4) is 0 Å². The summed E-state index contributed by atoms with van der Waals surface area (Å²) in [5.74, 6) is 0.745. The SMILES string of the molecule is OC1(CNC2CCCCC2C2CCCCN2)CCOC1. The second-order valence-electron chi connectivity index (χ2n) is 7.02. The molecular weight excluding hydrogens is 252 g/mol. The molecule has 0 amide bonds. The standard InChI is InChI=1S/C16H30N2O2/c19-16(8-10-20-12-16)11-18-15-6-2-1-5-13(15)14-7-3-4-9-17-14/h13-15,17-19H,1-12H2. The average molecular weight is 282 g/mol. The second kappa shape index (κ2) is 6.73. The zero-order valence-electron chi connectivity index (χ0n) is 12.6. The molecule has 3 rings (SSSR count). The molecule has 2 saturated heterocycles. The van der Waals surface area contributed by atoms with E-state index < -0.39 is 5.60 Å². The van der Waals surface area contributed by atoms with Crippen molar-refractivity contribution in [3.05, 3.63) is 0 Å². The molecular formula is C16H30N2O2. The lowest BCUT2D eigenvalue weighted by molar-refractivity contribution is 0.0200. The Morgan fingerprint density at radius 3 is 2.75 bits per heavy atom. The quantitative estimate of drug-likeness (QED) is 0.730. The van der Waals surface area contributed by atoms with Gasteiger partial charge in [-0.2, -0.15) is 0 Å².